The van der Waals surface area contributed by atoms with Crippen molar-refractivity contribution < 1.29 is 14.0 Å². The quantitative estimate of drug-likeness (QED) is 0.166. The Hall–Kier alpha value is -4.33. The number of para-hydroxylation sites is 1. The van der Waals surface area contributed by atoms with Crippen LogP contribution in [-0.2, 0) is 9.59 Å². The molecule has 208 valence electrons. The van der Waals surface area contributed by atoms with E-state index in [1.165, 1.54) is 17.0 Å². The van der Waals surface area contributed by atoms with Crippen molar-refractivity contribution in [3.05, 3.63) is 89.8 Å². The van der Waals surface area contributed by atoms with Gasteiger partial charge in [0.05, 0.1) is 16.9 Å². The molecule has 1 fully saturated rings. The first-order valence-electron chi connectivity index (χ1n) is 13.5. The number of carbonyl (C=O) groups excluding carboxylic acids is 2. The highest BCUT2D eigenvalue weighted by Crippen LogP contribution is 2.36. The number of amidine groups is 1. The van der Waals surface area contributed by atoms with Crippen LogP contribution in [0.5, 0.6) is 0 Å². The number of aryl methyl sites for hydroxylation is 1. The Balaban J connectivity index is 1.92. The Morgan fingerprint density at radius 3 is 2.50 bits per heavy atom. The van der Waals surface area contributed by atoms with E-state index < -0.39 is 5.82 Å². The average molecular weight is 542 g/mol. The highest BCUT2D eigenvalue weighted by atomic mass is 19.1. The summed E-state index contributed by atoms with van der Waals surface area (Å²) in [5, 5.41) is 0. The molecule has 1 aliphatic heterocycles. The maximum absolute atomic E-state index is 15.0. The first-order chi connectivity index (χ1) is 19.2. The molecule has 1 saturated heterocycles. The lowest BCUT2D eigenvalue weighted by Crippen LogP contribution is -2.55. The lowest BCUT2D eigenvalue weighted by atomic mass is 9.99. The number of hydrogen-bond donors (Lipinski definition) is 0. The molecule has 0 saturated carbocycles. The normalized spacial score (nSPS) is 15.8. The summed E-state index contributed by atoms with van der Waals surface area (Å²) in [7, 11) is 1.71. The van der Waals surface area contributed by atoms with Crippen molar-refractivity contribution in [3.8, 4) is 11.3 Å². The molecule has 8 heteroatoms. The van der Waals surface area contributed by atoms with Gasteiger partial charge in [0.15, 0.2) is 5.82 Å². The van der Waals surface area contributed by atoms with Crippen LogP contribution in [0.4, 0.5) is 15.9 Å². The van der Waals surface area contributed by atoms with E-state index in [1.54, 1.807) is 30.1 Å². The van der Waals surface area contributed by atoms with Gasteiger partial charge in [-0.1, -0.05) is 50.8 Å². The Morgan fingerprint density at radius 2 is 1.88 bits per heavy atom. The number of carbonyl (C=O) groups is 2. The minimum Gasteiger partial charge on any atom is -0.350 e. The SMILES string of the molecule is C=CC(=O)N1CCN(/C(=N/C)c2cc(C)c(-c3ccccc3F)nc2N(C=O)c2ccccc2C(C)C)C(C)C1. The summed E-state index contributed by atoms with van der Waals surface area (Å²) >= 11 is 0. The van der Waals surface area contributed by atoms with Gasteiger partial charge in [-0.3, -0.25) is 19.5 Å². The number of halogens is 1. The van der Waals surface area contributed by atoms with Crippen molar-refractivity contribution in [1.29, 1.82) is 0 Å². The topological polar surface area (TPSA) is 69.1 Å². The molecule has 0 spiro atoms. The van der Waals surface area contributed by atoms with Crippen LogP contribution in [-0.4, -0.2) is 65.7 Å². The Morgan fingerprint density at radius 1 is 1.18 bits per heavy atom. The third-order valence-corrected chi connectivity index (χ3v) is 7.31. The summed E-state index contributed by atoms with van der Waals surface area (Å²) < 4.78 is 15.0. The minimum atomic E-state index is -0.391. The van der Waals surface area contributed by atoms with Crippen LogP contribution in [0.2, 0.25) is 0 Å². The third-order valence-electron chi connectivity index (χ3n) is 7.31. The zero-order valence-corrected chi connectivity index (χ0v) is 23.8. The molecule has 40 heavy (non-hydrogen) atoms. The Labute approximate surface area is 235 Å². The van der Waals surface area contributed by atoms with Crippen LogP contribution in [0.25, 0.3) is 11.3 Å². The number of nitrogens with zero attached hydrogens (tertiary/aromatic N) is 5. The number of hydrogen-bond acceptors (Lipinski definition) is 4. The van der Waals surface area contributed by atoms with Gasteiger partial charge < -0.3 is 9.80 Å². The standard InChI is InChI=1S/C32H36FN5O2/c1-7-29(40)36-16-17-37(23(5)19-36)31(34-6)26-18-22(4)30(25-13-8-10-14-27(25)33)35-32(26)38(20-39)28-15-11-9-12-24(28)21(2)3/h7-15,18,20-21,23H,1,16-17,19H2,2-6H3/b34-31+. The van der Waals surface area contributed by atoms with E-state index >= 15 is 0 Å². The summed E-state index contributed by atoms with van der Waals surface area (Å²) in [6.45, 7) is 13.2. The number of aromatic nitrogens is 1. The summed E-state index contributed by atoms with van der Waals surface area (Å²) in [4.78, 5) is 40.2. The lowest BCUT2D eigenvalue weighted by molar-refractivity contribution is -0.128. The van der Waals surface area contributed by atoms with E-state index in [0.29, 0.717) is 53.8 Å². The molecule has 2 heterocycles. The summed E-state index contributed by atoms with van der Waals surface area (Å²) in [6.07, 6.45) is 2.09. The highest BCUT2D eigenvalue weighted by molar-refractivity contribution is 6.07. The van der Waals surface area contributed by atoms with Crippen molar-refractivity contribution in [2.75, 3.05) is 31.6 Å². The largest absolute Gasteiger partial charge is 0.350 e. The maximum atomic E-state index is 15.0. The maximum Gasteiger partial charge on any atom is 0.246 e. The molecule has 0 N–H and O–H groups in total. The number of benzene rings is 2. The number of pyridine rings is 1. The van der Waals surface area contributed by atoms with Crippen LogP contribution in [0.15, 0.2) is 72.2 Å². The summed E-state index contributed by atoms with van der Waals surface area (Å²) in [5.41, 5.74) is 3.90. The van der Waals surface area contributed by atoms with Crippen molar-refractivity contribution in [2.24, 2.45) is 4.99 Å². The number of anilines is 2. The van der Waals surface area contributed by atoms with Gasteiger partial charge in [-0.2, -0.15) is 0 Å². The van der Waals surface area contributed by atoms with Crippen molar-refractivity contribution in [2.45, 2.75) is 39.7 Å². The van der Waals surface area contributed by atoms with Crippen LogP contribution in [0, 0.1) is 12.7 Å². The second kappa shape index (κ2) is 12.2. The predicted molar refractivity (Wildman–Crippen MR) is 159 cm³/mol. The second-order valence-corrected chi connectivity index (χ2v) is 10.3. The number of rotatable bonds is 7. The third kappa shape index (κ3) is 5.52. The molecule has 0 aliphatic carbocycles. The molecule has 1 aromatic heterocycles. The number of piperazine rings is 1. The van der Waals surface area contributed by atoms with Gasteiger partial charge in [-0.15, -0.1) is 0 Å². The molecule has 1 aliphatic rings. The van der Waals surface area contributed by atoms with E-state index in [0.717, 1.165) is 17.5 Å². The fourth-order valence-corrected chi connectivity index (χ4v) is 5.30. The zero-order valence-electron chi connectivity index (χ0n) is 23.8. The van der Waals surface area contributed by atoms with Crippen LogP contribution in [0.1, 0.15) is 43.4 Å². The van der Waals surface area contributed by atoms with Gasteiger partial charge in [0.1, 0.15) is 11.7 Å². The van der Waals surface area contributed by atoms with Gasteiger partial charge in [0.25, 0.3) is 0 Å². The first-order valence-corrected chi connectivity index (χ1v) is 13.5. The molecule has 7 nitrogen and oxygen atoms in total. The predicted octanol–water partition coefficient (Wildman–Crippen LogP) is 5.71. The van der Waals surface area contributed by atoms with Gasteiger partial charge in [-0.25, -0.2) is 9.37 Å². The minimum absolute atomic E-state index is 0.0524. The molecule has 0 bridgehead atoms. The molecular weight excluding hydrogens is 505 g/mol. The van der Waals surface area contributed by atoms with Crippen molar-refractivity contribution in [1.82, 2.24) is 14.8 Å². The summed E-state index contributed by atoms with van der Waals surface area (Å²) in [5.74, 6) is 0.667. The van der Waals surface area contributed by atoms with E-state index in [-0.39, 0.29) is 17.9 Å². The molecule has 4 rings (SSSR count). The van der Waals surface area contributed by atoms with Gasteiger partial charge in [0, 0.05) is 38.3 Å². The van der Waals surface area contributed by atoms with E-state index in [9.17, 15) is 14.0 Å². The Bertz CT molecular complexity index is 1450. The molecule has 1 unspecified atom stereocenters. The monoisotopic (exact) mass is 541 g/mol. The molecule has 2 aromatic carbocycles. The fourth-order valence-electron chi connectivity index (χ4n) is 5.30. The summed E-state index contributed by atoms with van der Waals surface area (Å²) in [6, 6.07) is 16.1. The molecule has 2 amide bonds. The first kappa shape index (κ1) is 28.7. The van der Waals surface area contributed by atoms with Crippen LogP contribution < -0.4 is 4.90 Å². The fraction of sp³-hybridized carbons (Fsp3) is 0.312. The van der Waals surface area contributed by atoms with Crippen LogP contribution in [0.3, 0.4) is 0 Å². The van der Waals surface area contributed by atoms with Gasteiger partial charge in [0.2, 0.25) is 12.3 Å². The smallest absolute Gasteiger partial charge is 0.246 e. The zero-order chi connectivity index (χ0) is 29.0. The molecule has 1 atom stereocenters. The lowest BCUT2D eigenvalue weighted by Gasteiger charge is -2.41. The van der Waals surface area contributed by atoms with Gasteiger partial charge in [-0.05, 0) is 61.2 Å². The van der Waals surface area contributed by atoms with Gasteiger partial charge >= 0.3 is 0 Å². The van der Waals surface area contributed by atoms with Crippen LogP contribution >= 0.6 is 0 Å². The van der Waals surface area contributed by atoms with Crippen molar-refractivity contribution in [3.63, 3.8) is 0 Å². The van der Waals surface area contributed by atoms with Crippen molar-refractivity contribution >= 4 is 29.7 Å². The second-order valence-electron chi connectivity index (χ2n) is 10.3. The molecule has 0 radical (unpaired) electrons. The van der Waals surface area contributed by atoms with E-state index in [2.05, 4.69) is 30.3 Å². The van der Waals surface area contributed by atoms with E-state index in [4.69, 9.17) is 4.98 Å². The number of aliphatic imine (C=N–C) groups is 1. The van der Waals surface area contributed by atoms with E-state index in [1.807, 2.05) is 44.2 Å². The highest BCUT2D eigenvalue weighted by Gasteiger charge is 2.32. The average Bonchev–Trinajstić information content (AvgIpc) is 2.95. The number of amides is 2. The molecule has 3 aromatic rings. The molecular formula is C32H36FN5O2. The Kier molecular flexibility index (Phi) is 8.77.